The Hall–Kier alpha value is -0.550. The summed E-state index contributed by atoms with van der Waals surface area (Å²) in [4.78, 5) is 14.8. The lowest BCUT2D eigenvalue weighted by molar-refractivity contribution is 1.35. The Kier molecular flexibility index (Phi) is 2.53. The third-order valence-electron chi connectivity index (χ3n) is 2.11. The molecule has 0 spiro atoms. The third-order valence-corrected chi connectivity index (χ3v) is 3.32. The van der Waals surface area contributed by atoms with Gasteiger partial charge >= 0.3 is 0 Å². The minimum absolute atomic E-state index is 0.0547. The van der Waals surface area contributed by atoms with Crippen LogP contribution in [0.25, 0.3) is 10.9 Å². The first kappa shape index (κ1) is 9.98. The fourth-order valence-electron chi connectivity index (χ4n) is 1.32. The molecule has 14 heavy (non-hydrogen) atoms. The molecule has 0 radical (unpaired) electrons. The topological polar surface area (TPSA) is 32.9 Å². The number of nitrogens with one attached hydrogen (secondary N) is 1. The Bertz CT molecular complexity index is 562. The van der Waals surface area contributed by atoms with Crippen LogP contribution in [0.5, 0.6) is 0 Å². The number of benzene rings is 1. The SMILES string of the molecule is Cc1cc2c(=O)c(I)c[nH]c2cc1Cl. The van der Waals surface area contributed by atoms with Gasteiger partial charge in [-0.1, -0.05) is 11.6 Å². The molecule has 0 bridgehead atoms. The van der Waals surface area contributed by atoms with Crippen molar-refractivity contribution in [3.05, 3.63) is 42.7 Å². The van der Waals surface area contributed by atoms with Gasteiger partial charge in [0, 0.05) is 16.6 Å². The summed E-state index contributed by atoms with van der Waals surface area (Å²) in [7, 11) is 0. The molecule has 2 rings (SSSR count). The molecule has 0 unspecified atom stereocenters. The molecule has 1 aromatic heterocycles. The number of aromatic amines is 1. The monoisotopic (exact) mass is 319 g/mol. The molecule has 1 N–H and O–H groups in total. The van der Waals surface area contributed by atoms with Crippen LogP contribution in [0.15, 0.2) is 23.1 Å². The smallest absolute Gasteiger partial charge is 0.202 e. The molecule has 0 fully saturated rings. The van der Waals surface area contributed by atoms with Crippen LogP contribution < -0.4 is 5.43 Å². The van der Waals surface area contributed by atoms with Gasteiger partial charge in [0.15, 0.2) is 0 Å². The molecule has 0 aliphatic heterocycles. The third kappa shape index (κ3) is 1.54. The van der Waals surface area contributed by atoms with Crippen LogP contribution in [-0.4, -0.2) is 4.98 Å². The lowest BCUT2D eigenvalue weighted by Gasteiger charge is -2.02. The van der Waals surface area contributed by atoms with Gasteiger partial charge in [-0.25, -0.2) is 0 Å². The van der Waals surface area contributed by atoms with Crippen molar-refractivity contribution in [2.24, 2.45) is 0 Å². The minimum Gasteiger partial charge on any atom is -0.360 e. The predicted octanol–water partition coefficient (Wildman–Crippen LogP) is 3.09. The average Bonchev–Trinajstić information content (AvgIpc) is 2.15. The van der Waals surface area contributed by atoms with E-state index < -0.39 is 0 Å². The van der Waals surface area contributed by atoms with Gasteiger partial charge in [0.05, 0.1) is 9.09 Å². The van der Waals surface area contributed by atoms with E-state index in [1.165, 1.54) is 0 Å². The Balaban J connectivity index is 2.97. The van der Waals surface area contributed by atoms with E-state index in [0.29, 0.717) is 14.0 Å². The van der Waals surface area contributed by atoms with Crippen molar-refractivity contribution in [2.75, 3.05) is 0 Å². The first-order chi connectivity index (χ1) is 6.59. The second-order valence-corrected chi connectivity index (χ2v) is 4.68. The molecule has 0 aliphatic rings. The first-order valence-electron chi connectivity index (χ1n) is 4.06. The Labute approximate surface area is 99.4 Å². The number of rotatable bonds is 0. The van der Waals surface area contributed by atoms with E-state index in [1.54, 1.807) is 12.3 Å². The van der Waals surface area contributed by atoms with E-state index in [4.69, 9.17) is 11.6 Å². The van der Waals surface area contributed by atoms with Crippen molar-refractivity contribution in [2.45, 2.75) is 6.92 Å². The van der Waals surface area contributed by atoms with Gasteiger partial charge in [-0.05, 0) is 47.2 Å². The fraction of sp³-hybridized carbons (Fsp3) is 0.100. The second-order valence-electron chi connectivity index (χ2n) is 3.11. The van der Waals surface area contributed by atoms with E-state index in [1.807, 2.05) is 35.6 Å². The largest absolute Gasteiger partial charge is 0.360 e. The van der Waals surface area contributed by atoms with Crippen molar-refractivity contribution in [1.82, 2.24) is 4.98 Å². The fourth-order valence-corrected chi connectivity index (χ4v) is 1.93. The van der Waals surface area contributed by atoms with Crippen molar-refractivity contribution >= 4 is 45.1 Å². The molecular formula is C10H7ClINO. The molecular weight excluding hydrogens is 312 g/mol. The molecule has 4 heteroatoms. The van der Waals surface area contributed by atoms with Crippen LogP contribution in [0, 0.1) is 10.5 Å². The summed E-state index contributed by atoms with van der Waals surface area (Å²) < 4.78 is 0.692. The first-order valence-corrected chi connectivity index (χ1v) is 5.52. The standard InChI is InChI=1S/C10H7ClINO/c1-5-2-6-9(3-7(5)11)13-4-8(12)10(6)14/h2-4H,1H3,(H,13,14). The highest BCUT2D eigenvalue weighted by atomic mass is 127. The summed E-state index contributed by atoms with van der Waals surface area (Å²) in [6.07, 6.45) is 1.69. The summed E-state index contributed by atoms with van der Waals surface area (Å²) >= 11 is 7.97. The minimum atomic E-state index is 0.0547. The van der Waals surface area contributed by atoms with Gasteiger partial charge in [-0.15, -0.1) is 0 Å². The van der Waals surface area contributed by atoms with Crippen molar-refractivity contribution < 1.29 is 0 Å². The number of aromatic nitrogens is 1. The zero-order valence-electron chi connectivity index (χ0n) is 7.40. The van der Waals surface area contributed by atoms with Crippen molar-refractivity contribution in [3.63, 3.8) is 0 Å². The summed E-state index contributed by atoms with van der Waals surface area (Å²) in [6.45, 7) is 1.89. The molecule has 0 aliphatic carbocycles. The molecule has 2 nitrogen and oxygen atoms in total. The van der Waals surface area contributed by atoms with Crippen LogP contribution in [0.3, 0.4) is 0 Å². The molecule has 1 aromatic carbocycles. The number of hydrogen-bond donors (Lipinski definition) is 1. The number of aryl methyl sites for hydroxylation is 1. The van der Waals surface area contributed by atoms with Crippen LogP contribution in [-0.2, 0) is 0 Å². The summed E-state index contributed by atoms with van der Waals surface area (Å²) in [5.74, 6) is 0. The van der Waals surface area contributed by atoms with E-state index in [9.17, 15) is 4.79 Å². The highest BCUT2D eigenvalue weighted by molar-refractivity contribution is 14.1. The van der Waals surface area contributed by atoms with Gasteiger partial charge in [0.2, 0.25) is 5.43 Å². The van der Waals surface area contributed by atoms with Crippen molar-refractivity contribution in [3.8, 4) is 0 Å². The zero-order chi connectivity index (χ0) is 10.3. The van der Waals surface area contributed by atoms with Crippen LogP contribution in [0.1, 0.15) is 5.56 Å². The highest BCUT2D eigenvalue weighted by Crippen LogP contribution is 2.20. The number of pyridine rings is 1. The Morgan fingerprint density at radius 1 is 1.43 bits per heavy atom. The number of H-pyrrole nitrogens is 1. The zero-order valence-corrected chi connectivity index (χ0v) is 10.3. The summed E-state index contributed by atoms with van der Waals surface area (Å²) in [5, 5.41) is 1.37. The van der Waals surface area contributed by atoms with E-state index in [0.717, 1.165) is 11.1 Å². The maximum Gasteiger partial charge on any atom is 0.202 e. The van der Waals surface area contributed by atoms with Gasteiger partial charge < -0.3 is 4.98 Å². The number of fused-ring (bicyclic) bond motifs is 1. The normalized spacial score (nSPS) is 10.8. The molecule has 2 aromatic rings. The maximum atomic E-state index is 11.7. The quantitative estimate of drug-likeness (QED) is 0.744. The van der Waals surface area contributed by atoms with Crippen LogP contribution >= 0.6 is 34.2 Å². The summed E-state index contributed by atoms with van der Waals surface area (Å²) in [6, 6.07) is 3.60. The molecule has 0 saturated heterocycles. The van der Waals surface area contributed by atoms with Gasteiger partial charge in [-0.3, -0.25) is 4.79 Å². The maximum absolute atomic E-state index is 11.7. The Morgan fingerprint density at radius 2 is 2.14 bits per heavy atom. The summed E-state index contributed by atoms with van der Waals surface area (Å²) in [5.41, 5.74) is 1.76. The highest BCUT2D eigenvalue weighted by Gasteiger charge is 2.04. The van der Waals surface area contributed by atoms with Gasteiger partial charge in [-0.2, -0.15) is 0 Å². The molecule has 0 amide bonds. The van der Waals surface area contributed by atoms with Crippen LogP contribution in [0.2, 0.25) is 5.02 Å². The lowest BCUT2D eigenvalue weighted by Crippen LogP contribution is -2.06. The van der Waals surface area contributed by atoms with E-state index in [-0.39, 0.29) is 5.43 Å². The number of halogens is 2. The Morgan fingerprint density at radius 3 is 2.86 bits per heavy atom. The molecule has 72 valence electrons. The van der Waals surface area contributed by atoms with Gasteiger partial charge in [0.25, 0.3) is 0 Å². The second kappa shape index (κ2) is 3.55. The van der Waals surface area contributed by atoms with E-state index >= 15 is 0 Å². The molecule has 0 atom stereocenters. The van der Waals surface area contributed by atoms with Crippen molar-refractivity contribution in [1.29, 1.82) is 0 Å². The molecule has 0 saturated carbocycles. The number of hydrogen-bond acceptors (Lipinski definition) is 1. The lowest BCUT2D eigenvalue weighted by atomic mass is 10.1. The van der Waals surface area contributed by atoms with E-state index in [2.05, 4.69) is 4.98 Å². The van der Waals surface area contributed by atoms with Gasteiger partial charge in [0.1, 0.15) is 0 Å². The molecule has 1 heterocycles. The predicted molar refractivity (Wildman–Crippen MR) is 67.0 cm³/mol. The van der Waals surface area contributed by atoms with Crippen LogP contribution in [0.4, 0.5) is 0 Å². The average molecular weight is 320 g/mol.